The SMILES string of the molecule is CCCC(C)(NC(=O)N(CC)c1ccc(F)cc1)C(=O)O. The van der Waals surface area contributed by atoms with Crippen LogP contribution in [0, 0.1) is 5.82 Å². The maximum Gasteiger partial charge on any atom is 0.329 e. The number of aliphatic carboxylic acids is 1. The molecular formula is C15H21FN2O3. The Morgan fingerprint density at radius 2 is 1.86 bits per heavy atom. The quantitative estimate of drug-likeness (QED) is 0.847. The van der Waals surface area contributed by atoms with Crippen molar-refractivity contribution in [1.82, 2.24) is 5.32 Å². The Labute approximate surface area is 123 Å². The number of anilines is 1. The van der Waals surface area contributed by atoms with E-state index in [0.29, 0.717) is 25.1 Å². The number of hydrogen-bond acceptors (Lipinski definition) is 2. The zero-order valence-corrected chi connectivity index (χ0v) is 12.5. The molecule has 0 heterocycles. The van der Waals surface area contributed by atoms with Gasteiger partial charge in [0.05, 0.1) is 0 Å². The van der Waals surface area contributed by atoms with E-state index in [1.54, 1.807) is 6.92 Å². The predicted molar refractivity (Wildman–Crippen MR) is 78.9 cm³/mol. The monoisotopic (exact) mass is 296 g/mol. The summed E-state index contributed by atoms with van der Waals surface area (Å²) < 4.78 is 12.9. The largest absolute Gasteiger partial charge is 0.480 e. The number of amides is 2. The van der Waals surface area contributed by atoms with Crippen molar-refractivity contribution >= 4 is 17.7 Å². The summed E-state index contributed by atoms with van der Waals surface area (Å²) in [6.45, 7) is 5.44. The van der Waals surface area contributed by atoms with E-state index in [4.69, 9.17) is 0 Å². The van der Waals surface area contributed by atoms with Gasteiger partial charge in [0.1, 0.15) is 11.4 Å². The lowest BCUT2D eigenvalue weighted by molar-refractivity contribution is -0.144. The van der Waals surface area contributed by atoms with Gasteiger partial charge in [0, 0.05) is 12.2 Å². The second-order valence-corrected chi connectivity index (χ2v) is 5.04. The molecule has 5 nitrogen and oxygen atoms in total. The average molecular weight is 296 g/mol. The van der Waals surface area contributed by atoms with Gasteiger partial charge in [-0.05, 0) is 44.5 Å². The fourth-order valence-electron chi connectivity index (χ4n) is 2.09. The first kappa shape index (κ1) is 16.9. The maximum atomic E-state index is 12.9. The number of carboxylic acid groups (broad SMARTS) is 1. The van der Waals surface area contributed by atoms with Crippen molar-refractivity contribution in [1.29, 1.82) is 0 Å². The second-order valence-electron chi connectivity index (χ2n) is 5.04. The molecule has 0 bridgehead atoms. The lowest BCUT2D eigenvalue weighted by Gasteiger charge is -2.30. The van der Waals surface area contributed by atoms with Gasteiger partial charge in [-0.1, -0.05) is 13.3 Å². The maximum absolute atomic E-state index is 12.9. The van der Waals surface area contributed by atoms with E-state index in [9.17, 15) is 19.1 Å². The van der Waals surface area contributed by atoms with Crippen molar-refractivity contribution in [2.24, 2.45) is 0 Å². The summed E-state index contributed by atoms with van der Waals surface area (Å²) >= 11 is 0. The Hall–Kier alpha value is -2.11. The molecule has 0 radical (unpaired) electrons. The highest BCUT2D eigenvalue weighted by molar-refractivity contribution is 5.95. The van der Waals surface area contributed by atoms with Gasteiger partial charge >= 0.3 is 12.0 Å². The van der Waals surface area contributed by atoms with Crippen LogP contribution in [-0.2, 0) is 4.79 Å². The normalized spacial score (nSPS) is 13.3. The molecule has 6 heteroatoms. The Kier molecular flexibility index (Phi) is 5.69. The molecule has 0 saturated carbocycles. The van der Waals surface area contributed by atoms with Crippen LogP contribution in [0.15, 0.2) is 24.3 Å². The van der Waals surface area contributed by atoms with Crippen LogP contribution in [0.2, 0.25) is 0 Å². The van der Waals surface area contributed by atoms with Gasteiger partial charge in [0.2, 0.25) is 0 Å². The summed E-state index contributed by atoms with van der Waals surface area (Å²) in [6, 6.07) is 4.97. The van der Waals surface area contributed by atoms with Crippen molar-refractivity contribution in [3.63, 3.8) is 0 Å². The fraction of sp³-hybridized carbons (Fsp3) is 0.467. The van der Waals surface area contributed by atoms with Gasteiger partial charge in [-0.25, -0.2) is 14.0 Å². The minimum atomic E-state index is -1.32. The molecule has 116 valence electrons. The molecule has 1 aromatic rings. The Morgan fingerprint density at radius 1 is 1.29 bits per heavy atom. The van der Waals surface area contributed by atoms with E-state index >= 15 is 0 Å². The number of carbonyl (C=O) groups is 2. The molecule has 2 amide bonds. The molecule has 0 fully saturated rings. The number of carboxylic acids is 1. The molecule has 21 heavy (non-hydrogen) atoms. The molecular weight excluding hydrogens is 275 g/mol. The van der Waals surface area contributed by atoms with Crippen molar-refractivity contribution < 1.29 is 19.1 Å². The van der Waals surface area contributed by atoms with Gasteiger partial charge in [-0.3, -0.25) is 4.90 Å². The van der Waals surface area contributed by atoms with Crippen LogP contribution in [0.25, 0.3) is 0 Å². The highest BCUT2D eigenvalue weighted by atomic mass is 19.1. The fourth-order valence-corrected chi connectivity index (χ4v) is 2.09. The standard InChI is InChI=1S/C15H21FN2O3/c1-4-10-15(3,13(19)20)17-14(21)18(5-2)12-8-6-11(16)7-9-12/h6-9H,4-5,10H2,1-3H3,(H,17,21)(H,19,20). The molecule has 0 aromatic heterocycles. The number of halogens is 1. The first-order chi connectivity index (χ1) is 9.84. The zero-order valence-electron chi connectivity index (χ0n) is 12.5. The lowest BCUT2D eigenvalue weighted by Crippen LogP contribution is -2.56. The van der Waals surface area contributed by atoms with Crippen LogP contribution < -0.4 is 10.2 Å². The van der Waals surface area contributed by atoms with E-state index in [0.717, 1.165) is 0 Å². The summed E-state index contributed by atoms with van der Waals surface area (Å²) in [5, 5.41) is 11.8. The van der Waals surface area contributed by atoms with E-state index < -0.39 is 23.4 Å². The van der Waals surface area contributed by atoms with Crippen LogP contribution in [-0.4, -0.2) is 29.2 Å². The number of carbonyl (C=O) groups excluding carboxylic acids is 1. The predicted octanol–water partition coefficient (Wildman–Crippen LogP) is 3.01. The first-order valence-electron chi connectivity index (χ1n) is 6.92. The number of rotatable bonds is 6. The zero-order chi connectivity index (χ0) is 16.0. The second kappa shape index (κ2) is 7.06. The molecule has 2 N–H and O–H groups in total. The van der Waals surface area contributed by atoms with E-state index in [1.165, 1.54) is 36.1 Å². The summed E-state index contributed by atoms with van der Waals surface area (Å²) in [4.78, 5) is 25.0. The number of hydrogen-bond donors (Lipinski definition) is 2. The van der Waals surface area contributed by atoms with Crippen molar-refractivity contribution in [3.8, 4) is 0 Å². The summed E-state index contributed by atoms with van der Waals surface area (Å²) in [6.07, 6.45) is 0.959. The van der Waals surface area contributed by atoms with Crippen molar-refractivity contribution in [2.75, 3.05) is 11.4 Å². The topological polar surface area (TPSA) is 69.6 Å². The van der Waals surface area contributed by atoms with E-state index in [-0.39, 0.29) is 0 Å². The Bertz CT molecular complexity index is 504. The molecule has 0 aliphatic rings. The average Bonchev–Trinajstić information content (AvgIpc) is 2.41. The molecule has 0 aliphatic carbocycles. The van der Waals surface area contributed by atoms with Crippen LogP contribution in [0.4, 0.5) is 14.9 Å². The molecule has 1 rings (SSSR count). The number of nitrogens with one attached hydrogen (secondary N) is 1. The molecule has 0 spiro atoms. The van der Waals surface area contributed by atoms with Gasteiger partial charge in [0.15, 0.2) is 0 Å². The van der Waals surface area contributed by atoms with Gasteiger partial charge in [-0.15, -0.1) is 0 Å². The Morgan fingerprint density at radius 3 is 2.29 bits per heavy atom. The third kappa shape index (κ3) is 4.18. The number of urea groups is 1. The highest BCUT2D eigenvalue weighted by Crippen LogP contribution is 2.18. The van der Waals surface area contributed by atoms with Crippen LogP contribution >= 0.6 is 0 Å². The van der Waals surface area contributed by atoms with E-state index in [2.05, 4.69) is 5.32 Å². The van der Waals surface area contributed by atoms with Gasteiger partial charge in [0.25, 0.3) is 0 Å². The minimum absolute atomic E-state index is 0.328. The molecule has 0 aliphatic heterocycles. The Balaban J connectivity index is 2.93. The summed E-state index contributed by atoms with van der Waals surface area (Å²) in [5.74, 6) is -1.47. The molecule has 1 atom stereocenters. The number of benzene rings is 1. The molecule has 1 unspecified atom stereocenters. The van der Waals surface area contributed by atoms with E-state index in [1.807, 2.05) is 6.92 Å². The third-order valence-corrected chi connectivity index (χ3v) is 3.30. The smallest absolute Gasteiger partial charge is 0.329 e. The first-order valence-corrected chi connectivity index (χ1v) is 6.92. The molecule has 1 aromatic carbocycles. The molecule has 0 saturated heterocycles. The highest BCUT2D eigenvalue weighted by Gasteiger charge is 2.35. The van der Waals surface area contributed by atoms with Crippen LogP contribution in [0.3, 0.4) is 0 Å². The summed E-state index contributed by atoms with van der Waals surface area (Å²) in [7, 11) is 0. The lowest BCUT2D eigenvalue weighted by atomic mass is 9.96. The van der Waals surface area contributed by atoms with Crippen LogP contribution in [0.1, 0.15) is 33.6 Å². The van der Waals surface area contributed by atoms with Crippen LogP contribution in [0.5, 0.6) is 0 Å². The minimum Gasteiger partial charge on any atom is -0.480 e. The number of nitrogens with zero attached hydrogens (tertiary/aromatic N) is 1. The van der Waals surface area contributed by atoms with Gasteiger partial charge in [-0.2, -0.15) is 0 Å². The van der Waals surface area contributed by atoms with Crippen molar-refractivity contribution in [2.45, 2.75) is 39.2 Å². The summed E-state index contributed by atoms with van der Waals surface area (Å²) in [5.41, 5.74) is -0.806. The third-order valence-electron chi connectivity index (χ3n) is 3.30. The van der Waals surface area contributed by atoms with Gasteiger partial charge < -0.3 is 10.4 Å². The van der Waals surface area contributed by atoms with Crippen molar-refractivity contribution in [3.05, 3.63) is 30.1 Å².